The number of ether oxygens (including phenoxy) is 2. The van der Waals surface area contributed by atoms with Crippen LogP contribution in [-0.2, 0) is 6.54 Å². The Morgan fingerprint density at radius 2 is 1.83 bits per heavy atom. The summed E-state index contributed by atoms with van der Waals surface area (Å²) in [5.41, 5.74) is 3.46. The number of thiazole rings is 1. The summed E-state index contributed by atoms with van der Waals surface area (Å²) >= 11 is 1.39. The van der Waals surface area contributed by atoms with Crippen molar-refractivity contribution in [3.05, 3.63) is 71.2 Å². The van der Waals surface area contributed by atoms with Crippen LogP contribution >= 0.6 is 11.3 Å². The standard InChI is InChI=1S/C23H22N2O4S/c1-14-7-8-16(12-15(14)2)22(26)25(13-17-6-5-11-29-17)23-24-20-18(27-3)9-10-19(28-4)21(20)30-23/h5-12H,13H2,1-4H3. The Balaban J connectivity index is 1.83. The Morgan fingerprint density at radius 1 is 1.07 bits per heavy atom. The lowest BCUT2D eigenvalue weighted by Gasteiger charge is -2.19. The number of aryl methyl sites for hydroxylation is 2. The maximum absolute atomic E-state index is 13.5. The summed E-state index contributed by atoms with van der Waals surface area (Å²) in [6, 6.07) is 13.0. The lowest BCUT2D eigenvalue weighted by atomic mass is 10.1. The summed E-state index contributed by atoms with van der Waals surface area (Å²) in [7, 11) is 3.21. The van der Waals surface area contributed by atoms with Crippen molar-refractivity contribution < 1.29 is 18.7 Å². The van der Waals surface area contributed by atoms with Crippen LogP contribution in [0.15, 0.2) is 53.1 Å². The first-order chi connectivity index (χ1) is 14.5. The van der Waals surface area contributed by atoms with E-state index in [1.807, 2.05) is 50.2 Å². The van der Waals surface area contributed by atoms with Crippen LogP contribution in [-0.4, -0.2) is 25.1 Å². The van der Waals surface area contributed by atoms with Crippen LogP contribution in [0.5, 0.6) is 11.5 Å². The van der Waals surface area contributed by atoms with Crippen LogP contribution in [0.4, 0.5) is 5.13 Å². The molecular weight excluding hydrogens is 400 g/mol. The minimum Gasteiger partial charge on any atom is -0.495 e. The van der Waals surface area contributed by atoms with E-state index in [1.54, 1.807) is 31.4 Å². The Hall–Kier alpha value is -3.32. The number of rotatable bonds is 6. The molecule has 0 radical (unpaired) electrons. The number of hydrogen-bond acceptors (Lipinski definition) is 6. The van der Waals surface area contributed by atoms with E-state index >= 15 is 0 Å². The molecule has 154 valence electrons. The number of carbonyl (C=O) groups excluding carboxylic acids is 1. The third kappa shape index (κ3) is 3.64. The highest BCUT2D eigenvalue weighted by Crippen LogP contribution is 2.40. The van der Waals surface area contributed by atoms with Gasteiger partial charge in [-0.3, -0.25) is 9.69 Å². The zero-order valence-corrected chi connectivity index (χ0v) is 18.1. The van der Waals surface area contributed by atoms with E-state index in [1.165, 1.54) is 11.3 Å². The zero-order valence-electron chi connectivity index (χ0n) is 17.3. The summed E-state index contributed by atoms with van der Waals surface area (Å²) in [4.78, 5) is 19.9. The minimum atomic E-state index is -0.147. The van der Waals surface area contributed by atoms with Gasteiger partial charge in [0.25, 0.3) is 5.91 Å². The number of benzene rings is 2. The fourth-order valence-corrected chi connectivity index (χ4v) is 4.28. The zero-order chi connectivity index (χ0) is 21.3. The largest absolute Gasteiger partial charge is 0.495 e. The van der Waals surface area contributed by atoms with Crippen molar-refractivity contribution in [2.24, 2.45) is 0 Å². The Bertz CT molecular complexity index is 1160. The predicted octanol–water partition coefficient (Wildman–Crippen LogP) is 5.37. The quantitative estimate of drug-likeness (QED) is 0.418. The van der Waals surface area contributed by atoms with Crippen LogP contribution < -0.4 is 14.4 Å². The smallest absolute Gasteiger partial charge is 0.260 e. The SMILES string of the molecule is COc1ccc(OC)c2sc(N(Cc3ccco3)C(=O)c3ccc(C)c(C)c3)nc12. The topological polar surface area (TPSA) is 64.8 Å². The summed E-state index contributed by atoms with van der Waals surface area (Å²) in [6.45, 7) is 4.29. The van der Waals surface area contributed by atoms with Gasteiger partial charge in [0.05, 0.1) is 27.0 Å². The van der Waals surface area contributed by atoms with Gasteiger partial charge < -0.3 is 13.9 Å². The molecule has 1 amide bonds. The fourth-order valence-electron chi connectivity index (χ4n) is 3.20. The highest BCUT2D eigenvalue weighted by molar-refractivity contribution is 7.22. The number of anilines is 1. The van der Waals surface area contributed by atoms with Crippen molar-refractivity contribution in [1.29, 1.82) is 0 Å². The molecule has 2 aromatic heterocycles. The van der Waals surface area contributed by atoms with E-state index in [0.717, 1.165) is 15.8 Å². The average molecular weight is 423 g/mol. The van der Waals surface area contributed by atoms with Crippen LogP contribution in [0.3, 0.4) is 0 Å². The first-order valence-electron chi connectivity index (χ1n) is 9.45. The summed E-state index contributed by atoms with van der Waals surface area (Å²) < 4.78 is 17.3. The minimum absolute atomic E-state index is 0.147. The molecule has 2 heterocycles. The molecule has 0 saturated heterocycles. The lowest BCUT2D eigenvalue weighted by Crippen LogP contribution is -2.30. The second kappa shape index (κ2) is 8.20. The van der Waals surface area contributed by atoms with Gasteiger partial charge in [0.15, 0.2) is 5.13 Å². The van der Waals surface area contributed by atoms with Gasteiger partial charge in [-0.2, -0.15) is 0 Å². The molecule has 7 heteroatoms. The van der Waals surface area contributed by atoms with Gasteiger partial charge in [0.1, 0.15) is 27.5 Å². The maximum Gasteiger partial charge on any atom is 0.260 e. The van der Waals surface area contributed by atoms with E-state index < -0.39 is 0 Å². The molecule has 2 aromatic carbocycles. The molecule has 0 aliphatic heterocycles. The maximum atomic E-state index is 13.5. The number of hydrogen-bond donors (Lipinski definition) is 0. The average Bonchev–Trinajstić information content (AvgIpc) is 3.42. The van der Waals surface area contributed by atoms with Crippen molar-refractivity contribution in [3.8, 4) is 11.5 Å². The van der Waals surface area contributed by atoms with Gasteiger partial charge >= 0.3 is 0 Å². The number of aromatic nitrogens is 1. The first kappa shape index (κ1) is 20.0. The van der Waals surface area contributed by atoms with Crippen LogP contribution in [0, 0.1) is 13.8 Å². The van der Waals surface area contributed by atoms with Gasteiger partial charge in [-0.25, -0.2) is 4.98 Å². The normalized spacial score (nSPS) is 10.9. The van der Waals surface area contributed by atoms with Crippen molar-refractivity contribution in [1.82, 2.24) is 4.98 Å². The molecule has 0 aliphatic carbocycles. The second-order valence-corrected chi connectivity index (χ2v) is 7.89. The second-order valence-electron chi connectivity index (χ2n) is 6.91. The van der Waals surface area contributed by atoms with Crippen LogP contribution in [0.25, 0.3) is 10.2 Å². The number of furan rings is 1. The van der Waals surface area contributed by atoms with Crippen molar-refractivity contribution in [2.75, 3.05) is 19.1 Å². The molecule has 4 rings (SSSR count). The molecule has 0 spiro atoms. The highest BCUT2D eigenvalue weighted by atomic mass is 32.1. The summed E-state index contributed by atoms with van der Waals surface area (Å²) in [5, 5.41) is 0.549. The van der Waals surface area contributed by atoms with E-state index in [9.17, 15) is 4.79 Å². The summed E-state index contributed by atoms with van der Waals surface area (Å²) in [6.07, 6.45) is 1.60. The first-order valence-corrected chi connectivity index (χ1v) is 10.3. The van der Waals surface area contributed by atoms with Gasteiger partial charge in [0.2, 0.25) is 0 Å². The predicted molar refractivity (Wildman–Crippen MR) is 118 cm³/mol. The number of amides is 1. The van der Waals surface area contributed by atoms with Crippen LogP contribution in [0.1, 0.15) is 27.2 Å². The highest BCUT2D eigenvalue weighted by Gasteiger charge is 2.25. The molecular formula is C23H22N2O4S. The third-order valence-corrected chi connectivity index (χ3v) is 6.12. The van der Waals surface area contributed by atoms with E-state index in [4.69, 9.17) is 18.9 Å². The molecule has 0 fully saturated rings. The molecule has 0 atom stereocenters. The van der Waals surface area contributed by atoms with Crippen LogP contribution in [0.2, 0.25) is 0 Å². The third-order valence-electron chi connectivity index (χ3n) is 5.02. The van der Waals surface area contributed by atoms with Crippen molar-refractivity contribution in [3.63, 3.8) is 0 Å². The number of carbonyl (C=O) groups is 1. The Labute approximate surface area is 178 Å². The number of methoxy groups -OCH3 is 2. The van der Waals surface area contributed by atoms with Gasteiger partial charge in [0, 0.05) is 5.56 Å². The Kier molecular flexibility index (Phi) is 5.46. The molecule has 0 aliphatic rings. The molecule has 30 heavy (non-hydrogen) atoms. The summed E-state index contributed by atoms with van der Waals surface area (Å²) in [5.74, 6) is 1.84. The molecule has 0 unspecified atom stereocenters. The fraction of sp³-hybridized carbons (Fsp3) is 0.217. The molecule has 0 N–H and O–H groups in total. The molecule has 6 nitrogen and oxygen atoms in total. The monoisotopic (exact) mass is 422 g/mol. The molecule has 0 saturated carbocycles. The van der Waals surface area contributed by atoms with Gasteiger partial charge in [-0.1, -0.05) is 17.4 Å². The molecule has 4 aromatic rings. The van der Waals surface area contributed by atoms with E-state index in [-0.39, 0.29) is 12.5 Å². The van der Waals surface area contributed by atoms with Gasteiger partial charge in [-0.15, -0.1) is 0 Å². The van der Waals surface area contributed by atoms with Crippen molar-refractivity contribution in [2.45, 2.75) is 20.4 Å². The number of fused-ring (bicyclic) bond motifs is 1. The van der Waals surface area contributed by atoms with E-state index in [0.29, 0.717) is 33.5 Å². The van der Waals surface area contributed by atoms with E-state index in [2.05, 4.69) is 0 Å². The van der Waals surface area contributed by atoms with Crippen molar-refractivity contribution >= 4 is 32.6 Å². The Morgan fingerprint density at radius 3 is 2.50 bits per heavy atom. The van der Waals surface area contributed by atoms with Gasteiger partial charge in [-0.05, 0) is 61.4 Å². The lowest BCUT2D eigenvalue weighted by molar-refractivity contribution is 0.0983. The molecule has 0 bridgehead atoms. The number of nitrogens with zero attached hydrogens (tertiary/aromatic N) is 2.